The van der Waals surface area contributed by atoms with Crippen LogP contribution in [0.25, 0.3) is 0 Å². The number of ether oxygens (including phenoxy) is 2. The number of nitrogens with one attached hydrogen (secondary N) is 1. The van der Waals surface area contributed by atoms with E-state index in [4.69, 9.17) is 9.47 Å². The summed E-state index contributed by atoms with van der Waals surface area (Å²) in [6.07, 6.45) is -0.221. The van der Waals surface area contributed by atoms with Gasteiger partial charge in [0.25, 0.3) is 0 Å². The van der Waals surface area contributed by atoms with Crippen LogP contribution in [0.4, 0.5) is 27.5 Å². The van der Waals surface area contributed by atoms with Crippen molar-refractivity contribution in [2.24, 2.45) is 0 Å². The number of nitrogens with zero attached hydrogens (tertiary/aromatic N) is 3. The maximum absolute atomic E-state index is 12.5. The zero-order valence-corrected chi connectivity index (χ0v) is 22.3. The second-order valence-corrected chi connectivity index (χ2v) is 11.6. The molecule has 0 spiro atoms. The van der Waals surface area contributed by atoms with Crippen LogP contribution in [0.3, 0.4) is 0 Å². The number of benzene rings is 2. The molecule has 0 radical (unpaired) electrons. The van der Waals surface area contributed by atoms with E-state index in [1.807, 2.05) is 37.4 Å². The Bertz CT molecular complexity index is 1120. The van der Waals surface area contributed by atoms with E-state index >= 15 is 0 Å². The van der Waals surface area contributed by atoms with Gasteiger partial charge in [-0.3, -0.25) is 0 Å². The second kappa shape index (κ2) is 9.47. The van der Waals surface area contributed by atoms with Gasteiger partial charge in [-0.05, 0) is 70.0 Å². The summed E-state index contributed by atoms with van der Waals surface area (Å²) in [5, 5.41) is 3.73. The molecule has 0 saturated carbocycles. The van der Waals surface area contributed by atoms with Crippen LogP contribution in [-0.4, -0.2) is 69.1 Å². The summed E-state index contributed by atoms with van der Waals surface area (Å²) in [4.78, 5) is 21.6. The van der Waals surface area contributed by atoms with Crippen molar-refractivity contribution in [1.29, 1.82) is 0 Å². The third-order valence-corrected chi connectivity index (χ3v) is 7.79. The van der Waals surface area contributed by atoms with Crippen molar-refractivity contribution in [3.63, 3.8) is 0 Å². The van der Waals surface area contributed by atoms with Crippen molar-refractivity contribution in [2.75, 3.05) is 67.6 Å². The molecule has 3 aliphatic heterocycles. The summed E-state index contributed by atoms with van der Waals surface area (Å²) in [6, 6.07) is 9.16. The lowest BCUT2D eigenvalue weighted by atomic mass is 10.1. The SMILES string of the molecule is Cc1cc(N2CCOCC2)cc2c1Nc1c(C)cc(N3CCN(C(=O)OC(C)(C)C)CC3)cc1S2. The van der Waals surface area contributed by atoms with Crippen LogP contribution in [0, 0.1) is 13.8 Å². The first-order valence-electron chi connectivity index (χ1n) is 12.5. The maximum atomic E-state index is 12.5. The van der Waals surface area contributed by atoms with E-state index in [-0.39, 0.29) is 6.09 Å². The van der Waals surface area contributed by atoms with Crippen LogP contribution < -0.4 is 15.1 Å². The first-order chi connectivity index (χ1) is 16.7. The van der Waals surface area contributed by atoms with Crippen molar-refractivity contribution in [2.45, 2.75) is 50.0 Å². The number of anilines is 4. The van der Waals surface area contributed by atoms with Crippen molar-refractivity contribution in [3.05, 3.63) is 35.4 Å². The van der Waals surface area contributed by atoms with E-state index < -0.39 is 5.60 Å². The summed E-state index contributed by atoms with van der Waals surface area (Å²) in [6.45, 7) is 16.5. The number of piperazine rings is 1. The summed E-state index contributed by atoms with van der Waals surface area (Å²) < 4.78 is 11.1. The normalized spacial score (nSPS) is 18.0. The van der Waals surface area contributed by atoms with E-state index in [1.54, 1.807) is 0 Å². The summed E-state index contributed by atoms with van der Waals surface area (Å²) in [5.74, 6) is 0. The van der Waals surface area contributed by atoms with Gasteiger partial charge in [0.15, 0.2) is 0 Å². The van der Waals surface area contributed by atoms with E-state index in [1.165, 1.54) is 43.7 Å². The highest BCUT2D eigenvalue weighted by molar-refractivity contribution is 7.99. The van der Waals surface area contributed by atoms with Gasteiger partial charge in [0.05, 0.1) is 24.6 Å². The van der Waals surface area contributed by atoms with Crippen LogP contribution in [-0.2, 0) is 9.47 Å². The largest absolute Gasteiger partial charge is 0.444 e. The Balaban J connectivity index is 1.33. The van der Waals surface area contributed by atoms with Crippen LogP contribution in [0.2, 0.25) is 0 Å². The fourth-order valence-corrected chi connectivity index (χ4v) is 6.08. The zero-order valence-electron chi connectivity index (χ0n) is 21.4. The maximum Gasteiger partial charge on any atom is 0.410 e. The standard InChI is InChI=1S/C27H36N4O3S/c1-18-14-20(29-6-8-31(9-7-29)26(32)34-27(3,4)5)16-22-24(18)28-25-19(2)15-21(17-23(25)35-22)30-10-12-33-13-11-30/h14-17,28H,6-13H2,1-5H3. The van der Waals surface area contributed by atoms with Crippen LogP contribution in [0.15, 0.2) is 34.1 Å². The van der Waals surface area contributed by atoms with Crippen LogP contribution in [0.5, 0.6) is 0 Å². The number of morpholine rings is 1. The highest BCUT2D eigenvalue weighted by Crippen LogP contribution is 2.49. The Hall–Kier alpha value is -2.58. The topological polar surface area (TPSA) is 57.3 Å². The number of aryl methyl sites for hydroxylation is 2. The van der Waals surface area contributed by atoms with Crippen molar-refractivity contribution in [1.82, 2.24) is 4.90 Å². The van der Waals surface area contributed by atoms with E-state index in [0.717, 1.165) is 39.4 Å². The highest BCUT2D eigenvalue weighted by Gasteiger charge is 2.28. The van der Waals surface area contributed by atoms with Crippen molar-refractivity contribution < 1.29 is 14.3 Å². The van der Waals surface area contributed by atoms with Gasteiger partial charge >= 0.3 is 6.09 Å². The van der Waals surface area contributed by atoms with Gasteiger partial charge in [-0.1, -0.05) is 11.8 Å². The van der Waals surface area contributed by atoms with Gasteiger partial charge in [-0.15, -0.1) is 0 Å². The number of fused-ring (bicyclic) bond motifs is 2. The molecule has 1 amide bonds. The first kappa shape index (κ1) is 24.1. The summed E-state index contributed by atoms with van der Waals surface area (Å²) >= 11 is 1.85. The molecule has 8 heteroatoms. The molecule has 2 saturated heterocycles. The predicted molar refractivity (Wildman–Crippen MR) is 143 cm³/mol. The van der Waals surface area contributed by atoms with Crippen molar-refractivity contribution >= 4 is 40.6 Å². The Morgan fingerprint density at radius 3 is 1.89 bits per heavy atom. The van der Waals surface area contributed by atoms with E-state index in [2.05, 4.69) is 53.2 Å². The minimum atomic E-state index is -0.468. The smallest absolute Gasteiger partial charge is 0.410 e. The molecular formula is C27H36N4O3S. The minimum absolute atomic E-state index is 0.221. The fraction of sp³-hybridized carbons (Fsp3) is 0.519. The molecule has 7 nitrogen and oxygen atoms in total. The number of rotatable bonds is 2. The van der Waals surface area contributed by atoms with E-state index in [9.17, 15) is 4.79 Å². The molecule has 188 valence electrons. The summed E-state index contributed by atoms with van der Waals surface area (Å²) in [5.41, 5.74) is 6.93. The lowest BCUT2D eigenvalue weighted by molar-refractivity contribution is 0.0240. The van der Waals surface area contributed by atoms with Crippen molar-refractivity contribution in [3.8, 4) is 0 Å². The predicted octanol–water partition coefficient (Wildman–Crippen LogP) is 5.41. The van der Waals surface area contributed by atoms with Crippen LogP contribution >= 0.6 is 11.8 Å². The molecule has 2 fully saturated rings. The van der Waals surface area contributed by atoms with Gasteiger partial charge in [0, 0.05) is 60.4 Å². The molecule has 0 aliphatic carbocycles. The van der Waals surface area contributed by atoms with E-state index in [0.29, 0.717) is 13.1 Å². The number of hydrogen-bond donors (Lipinski definition) is 1. The molecular weight excluding hydrogens is 460 g/mol. The molecule has 3 heterocycles. The highest BCUT2D eigenvalue weighted by atomic mass is 32.2. The molecule has 0 atom stereocenters. The quantitative estimate of drug-likeness (QED) is 0.509. The van der Waals surface area contributed by atoms with Gasteiger partial charge in [-0.2, -0.15) is 0 Å². The number of hydrogen-bond acceptors (Lipinski definition) is 7. The van der Waals surface area contributed by atoms with Gasteiger partial charge in [-0.25, -0.2) is 4.79 Å². The Morgan fingerprint density at radius 1 is 0.857 bits per heavy atom. The first-order valence-corrected chi connectivity index (χ1v) is 13.3. The molecule has 35 heavy (non-hydrogen) atoms. The molecule has 0 bridgehead atoms. The Morgan fingerprint density at radius 2 is 1.37 bits per heavy atom. The molecule has 0 aromatic heterocycles. The van der Waals surface area contributed by atoms with Crippen LogP contribution in [0.1, 0.15) is 31.9 Å². The molecule has 0 unspecified atom stereocenters. The number of carbonyl (C=O) groups excluding carboxylic acids is 1. The Kier molecular flexibility index (Phi) is 6.53. The monoisotopic (exact) mass is 496 g/mol. The number of amides is 1. The third kappa shape index (κ3) is 5.19. The van der Waals surface area contributed by atoms with Gasteiger partial charge in [0.1, 0.15) is 5.60 Å². The fourth-order valence-electron chi connectivity index (χ4n) is 4.86. The summed E-state index contributed by atoms with van der Waals surface area (Å²) in [7, 11) is 0. The molecule has 2 aromatic rings. The average molecular weight is 497 g/mol. The third-order valence-electron chi connectivity index (χ3n) is 6.71. The Labute approximate surface area is 212 Å². The molecule has 5 rings (SSSR count). The second-order valence-electron chi connectivity index (χ2n) is 10.6. The zero-order chi connectivity index (χ0) is 24.7. The van der Waals surface area contributed by atoms with Gasteiger partial charge in [0.2, 0.25) is 0 Å². The lowest BCUT2D eigenvalue weighted by Gasteiger charge is -2.37. The molecule has 1 N–H and O–H groups in total. The lowest BCUT2D eigenvalue weighted by Crippen LogP contribution is -2.50. The molecule has 3 aliphatic rings. The van der Waals surface area contributed by atoms with Gasteiger partial charge < -0.3 is 29.5 Å². The number of carbonyl (C=O) groups is 1. The minimum Gasteiger partial charge on any atom is -0.444 e. The molecule has 2 aromatic carbocycles. The average Bonchev–Trinajstić information content (AvgIpc) is 2.82.